The second-order valence-electron chi connectivity index (χ2n) is 3.87. The lowest BCUT2D eigenvalue weighted by Gasteiger charge is -2.29. The highest BCUT2D eigenvalue weighted by atomic mass is 32.1. The number of nitrogens with one attached hydrogen (secondary N) is 1. The Bertz CT molecular complexity index is 389. The van der Waals surface area contributed by atoms with Crippen LogP contribution >= 0.6 is 11.3 Å². The molecule has 6 nitrogen and oxygen atoms in total. The molecule has 0 radical (unpaired) electrons. The molecule has 1 aliphatic rings. The highest BCUT2D eigenvalue weighted by Crippen LogP contribution is 2.20. The summed E-state index contributed by atoms with van der Waals surface area (Å²) in [6.45, 7) is 4.37. The summed E-state index contributed by atoms with van der Waals surface area (Å²) in [5.74, 6) is 0.0714. The van der Waals surface area contributed by atoms with Crippen molar-refractivity contribution in [1.82, 2.24) is 9.88 Å². The number of rotatable bonds is 3. The van der Waals surface area contributed by atoms with E-state index < -0.39 is 0 Å². The van der Waals surface area contributed by atoms with Crippen LogP contribution in [0.3, 0.4) is 0 Å². The summed E-state index contributed by atoms with van der Waals surface area (Å²) in [7, 11) is 0. The minimum atomic E-state index is -0.293. The second kappa shape index (κ2) is 5.33. The number of hydrogen-bond acceptors (Lipinski definition) is 6. The molecule has 1 fully saturated rings. The first kappa shape index (κ1) is 12.1. The van der Waals surface area contributed by atoms with E-state index in [1.54, 1.807) is 11.1 Å². The maximum absolute atomic E-state index is 12.1. The molecule has 2 rings (SSSR count). The minimum Gasteiger partial charge on any atom is -0.389 e. The van der Waals surface area contributed by atoms with Crippen LogP contribution in [0.25, 0.3) is 0 Å². The third-order valence-corrected chi connectivity index (χ3v) is 3.31. The highest BCUT2D eigenvalue weighted by Gasteiger charge is 2.22. The molecule has 1 aliphatic heterocycles. The number of carbonyl (C=O) groups excluding carboxylic acids is 1. The van der Waals surface area contributed by atoms with Gasteiger partial charge in [-0.2, -0.15) is 0 Å². The lowest BCUT2D eigenvalue weighted by atomic mass is 10.2. The van der Waals surface area contributed by atoms with Crippen LogP contribution in [0.2, 0.25) is 0 Å². The van der Waals surface area contributed by atoms with E-state index in [9.17, 15) is 4.79 Å². The Labute approximate surface area is 104 Å². The third-order valence-electron chi connectivity index (χ3n) is 2.56. The van der Waals surface area contributed by atoms with Crippen LogP contribution in [-0.4, -0.2) is 48.1 Å². The second-order valence-corrected chi connectivity index (χ2v) is 4.93. The number of nitrogen functional groups attached to an aromatic ring is 1. The fraction of sp³-hybridized carbons (Fsp3) is 0.600. The van der Waals surface area contributed by atoms with Crippen molar-refractivity contribution in [2.45, 2.75) is 13.0 Å². The van der Waals surface area contributed by atoms with Gasteiger partial charge in [0.1, 0.15) is 11.0 Å². The van der Waals surface area contributed by atoms with Crippen LogP contribution in [0, 0.1) is 0 Å². The minimum absolute atomic E-state index is 0.0714. The fourth-order valence-electron chi connectivity index (χ4n) is 1.66. The molecule has 94 valence electrons. The van der Waals surface area contributed by atoms with Crippen LogP contribution in [-0.2, 0) is 9.53 Å². The number of morpholine rings is 1. The lowest BCUT2D eigenvalue weighted by Crippen LogP contribution is -2.46. The van der Waals surface area contributed by atoms with Gasteiger partial charge in [-0.05, 0) is 6.92 Å². The molecule has 1 aromatic heterocycles. The first-order valence-corrected chi connectivity index (χ1v) is 6.33. The molecule has 0 aliphatic carbocycles. The van der Waals surface area contributed by atoms with Gasteiger partial charge >= 0.3 is 0 Å². The molecule has 7 heteroatoms. The molecule has 1 aromatic rings. The van der Waals surface area contributed by atoms with Crippen molar-refractivity contribution in [1.29, 1.82) is 0 Å². The van der Waals surface area contributed by atoms with Crippen molar-refractivity contribution in [3.63, 3.8) is 0 Å². The fourth-order valence-corrected chi connectivity index (χ4v) is 2.33. The Balaban J connectivity index is 1.90. The van der Waals surface area contributed by atoms with Crippen LogP contribution in [0.15, 0.2) is 6.20 Å². The van der Waals surface area contributed by atoms with E-state index in [2.05, 4.69) is 10.3 Å². The van der Waals surface area contributed by atoms with Gasteiger partial charge < -0.3 is 20.7 Å². The zero-order valence-corrected chi connectivity index (χ0v) is 10.5. The Morgan fingerprint density at radius 3 is 2.94 bits per heavy atom. The molecular formula is C10H16N4O2S. The zero-order chi connectivity index (χ0) is 12.3. The number of hydrogen-bond donors (Lipinski definition) is 2. The number of amides is 1. The summed E-state index contributed by atoms with van der Waals surface area (Å²) >= 11 is 1.34. The lowest BCUT2D eigenvalue weighted by molar-refractivity contribution is -0.135. The number of anilines is 2. The summed E-state index contributed by atoms with van der Waals surface area (Å²) < 4.78 is 5.21. The number of nitrogens with zero attached hydrogens (tertiary/aromatic N) is 2. The van der Waals surface area contributed by atoms with Gasteiger partial charge in [-0.15, -0.1) is 0 Å². The van der Waals surface area contributed by atoms with Gasteiger partial charge in [0.25, 0.3) is 0 Å². The van der Waals surface area contributed by atoms with Crippen LogP contribution in [0.1, 0.15) is 6.92 Å². The third kappa shape index (κ3) is 3.07. The molecule has 1 atom stereocenters. The maximum atomic E-state index is 12.1. The summed E-state index contributed by atoms with van der Waals surface area (Å²) in [5.41, 5.74) is 5.58. The molecule has 17 heavy (non-hydrogen) atoms. The van der Waals surface area contributed by atoms with Gasteiger partial charge in [-0.25, -0.2) is 4.98 Å². The first-order chi connectivity index (χ1) is 8.16. The van der Waals surface area contributed by atoms with Gasteiger partial charge in [0.15, 0.2) is 5.13 Å². The number of thiazole rings is 1. The molecule has 0 bridgehead atoms. The average Bonchev–Trinajstić information content (AvgIpc) is 2.75. The van der Waals surface area contributed by atoms with E-state index >= 15 is 0 Å². The molecular weight excluding hydrogens is 240 g/mol. The van der Waals surface area contributed by atoms with Gasteiger partial charge in [0.05, 0.1) is 19.4 Å². The average molecular weight is 256 g/mol. The molecule has 1 amide bonds. The quantitative estimate of drug-likeness (QED) is 0.817. The van der Waals surface area contributed by atoms with Crippen molar-refractivity contribution in [3.8, 4) is 0 Å². The topological polar surface area (TPSA) is 80.5 Å². The zero-order valence-electron chi connectivity index (χ0n) is 9.68. The van der Waals surface area contributed by atoms with Crippen molar-refractivity contribution in [2.24, 2.45) is 0 Å². The monoisotopic (exact) mass is 256 g/mol. The van der Waals surface area contributed by atoms with Gasteiger partial charge in [0.2, 0.25) is 5.91 Å². The van der Waals surface area contributed by atoms with E-state index in [1.165, 1.54) is 11.3 Å². The van der Waals surface area contributed by atoms with E-state index in [-0.39, 0.29) is 11.9 Å². The SMILES string of the molecule is CC(Nc1ncc(N)s1)C(=O)N1CCOCC1. The van der Waals surface area contributed by atoms with Crippen molar-refractivity contribution >= 4 is 27.4 Å². The Kier molecular flexibility index (Phi) is 3.80. The molecule has 0 saturated carbocycles. The Morgan fingerprint density at radius 1 is 1.65 bits per heavy atom. The maximum Gasteiger partial charge on any atom is 0.244 e. The molecule has 3 N–H and O–H groups in total. The highest BCUT2D eigenvalue weighted by molar-refractivity contribution is 7.19. The van der Waals surface area contributed by atoms with Crippen LogP contribution < -0.4 is 11.1 Å². The van der Waals surface area contributed by atoms with Gasteiger partial charge in [0, 0.05) is 13.1 Å². The molecule has 0 aromatic carbocycles. The summed E-state index contributed by atoms with van der Waals surface area (Å²) in [4.78, 5) is 17.9. The molecule has 2 heterocycles. The summed E-state index contributed by atoms with van der Waals surface area (Å²) in [6.07, 6.45) is 1.58. The largest absolute Gasteiger partial charge is 0.389 e. The van der Waals surface area contributed by atoms with Gasteiger partial charge in [-0.1, -0.05) is 11.3 Å². The number of nitrogens with two attached hydrogens (primary N) is 1. The summed E-state index contributed by atoms with van der Waals surface area (Å²) in [6, 6.07) is -0.293. The molecule has 1 saturated heterocycles. The van der Waals surface area contributed by atoms with Crippen molar-refractivity contribution < 1.29 is 9.53 Å². The molecule has 1 unspecified atom stereocenters. The number of ether oxygens (including phenoxy) is 1. The van der Waals surface area contributed by atoms with Crippen LogP contribution in [0.4, 0.5) is 10.1 Å². The number of aromatic nitrogens is 1. The standard InChI is InChI=1S/C10H16N4O2S/c1-7(13-10-12-6-8(11)17-10)9(15)14-2-4-16-5-3-14/h6-7H,2-5,11H2,1H3,(H,12,13). The van der Waals surface area contributed by atoms with E-state index in [0.717, 1.165) is 0 Å². The van der Waals surface area contributed by atoms with E-state index in [4.69, 9.17) is 10.5 Å². The molecule has 0 spiro atoms. The van der Waals surface area contributed by atoms with Crippen molar-refractivity contribution in [3.05, 3.63) is 6.20 Å². The summed E-state index contributed by atoms with van der Waals surface area (Å²) in [5, 5.41) is 4.37. The van der Waals surface area contributed by atoms with Crippen molar-refractivity contribution in [2.75, 3.05) is 37.4 Å². The van der Waals surface area contributed by atoms with E-state index in [1.807, 2.05) is 6.92 Å². The first-order valence-electron chi connectivity index (χ1n) is 5.51. The number of carbonyl (C=O) groups is 1. The van der Waals surface area contributed by atoms with E-state index in [0.29, 0.717) is 36.4 Å². The predicted octanol–water partition coefficient (Wildman–Crippen LogP) is 0.384. The Morgan fingerprint density at radius 2 is 2.35 bits per heavy atom. The Hall–Kier alpha value is -1.34. The normalized spacial score (nSPS) is 17.8. The van der Waals surface area contributed by atoms with Gasteiger partial charge in [-0.3, -0.25) is 4.79 Å². The smallest absolute Gasteiger partial charge is 0.244 e. The predicted molar refractivity (Wildman–Crippen MR) is 67.0 cm³/mol. The van der Waals surface area contributed by atoms with Crippen LogP contribution in [0.5, 0.6) is 0 Å².